The molecule has 0 aromatic carbocycles. The summed E-state index contributed by atoms with van der Waals surface area (Å²) in [5.41, 5.74) is 0.738. The maximum atomic E-state index is 12.2. The van der Waals surface area contributed by atoms with E-state index in [9.17, 15) is 8.42 Å². The molecule has 0 amide bonds. The number of pyridine rings is 1. The minimum absolute atomic E-state index is 0.171. The Morgan fingerprint density at radius 2 is 2.28 bits per heavy atom. The molecule has 2 aromatic heterocycles. The van der Waals surface area contributed by atoms with Gasteiger partial charge in [0.1, 0.15) is 6.61 Å². The van der Waals surface area contributed by atoms with Gasteiger partial charge in [0.05, 0.1) is 11.7 Å². The largest absolute Gasteiger partial charge is 0.369 e. The Hall–Kier alpha value is -1.88. The molecule has 1 saturated heterocycles. The van der Waals surface area contributed by atoms with Crippen molar-refractivity contribution in [1.29, 1.82) is 0 Å². The van der Waals surface area contributed by atoms with Crippen molar-refractivity contribution in [3.63, 3.8) is 0 Å². The van der Waals surface area contributed by atoms with Crippen LogP contribution < -0.4 is 0 Å². The monoisotopic (exact) mass is 367 g/mol. The molecule has 1 aliphatic heterocycles. The highest BCUT2D eigenvalue weighted by atomic mass is 32.2. The molecule has 9 nitrogen and oxygen atoms in total. The van der Waals surface area contributed by atoms with Gasteiger partial charge >= 0.3 is 0 Å². The molecule has 1 atom stereocenters. The Bertz CT molecular complexity index is 793. The zero-order chi connectivity index (χ0) is 17.9. The van der Waals surface area contributed by atoms with Gasteiger partial charge in [-0.2, -0.15) is 22.0 Å². The highest BCUT2D eigenvalue weighted by molar-refractivity contribution is 7.86. The Labute approximate surface area is 146 Å². The van der Waals surface area contributed by atoms with Crippen LogP contribution in [0.4, 0.5) is 0 Å². The molecule has 3 heterocycles. The van der Waals surface area contributed by atoms with Crippen LogP contribution in [0.25, 0.3) is 11.5 Å². The lowest BCUT2D eigenvalue weighted by atomic mass is 10.1. The fourth-order valence-corrected chi connectivity index (χ4v) is 3.77. The van der Waals surface area contributed by atoms with E-state index in [2.05, 4.69) is 15.1 Å². The van der Waals surface area contributed by atoms with Crippen LogP contribution in [0.3, 0.4) is 0 Å². The van der Waals surface area contributed by atoms with E-state index in [1.54, 1.807) is 18.5 Å². The van der Waals surface area contributed by atoms with Gasteiger partial charge in [-0.3, -0.25) is 4.98 Å². The molecular formula is C15H21N5O4S. The zero-order valence-corrected chi connectivity index (χ0v) is 15.0. The topological polar surface area (TPSA) is 102 Å². The fraction of sp³-hybridized carbons (Fsp3) is 0.533. The molecule has 10 heteroatoms. The normalized spacial score (nSPS) is 19.4. The summed E-state index contributed by atoms with van der Waals surface area (Å²) in [5, 5.41) is 3.89. The number of piperidine rings is 1. The highest BCUT2D eigenvalue weighted by Crippen LogP contribution is 2.19. The van der Waals surface area contributed by atoms with Crippen molar-refractivity contribution >= 4 is 10.2 Å². The summed E-state index contributed by atoms with van der Waals surface area (Å²) in [6.07, 6.45) is 4.67. The van der Waals surface area contributed by atoms with E-state index in [1.165, 1.54) is 22.7 Å². The van der Waals surface area contributed by atoms with Crippen molar-refractivity contribution in [3.05, 3.63) is 30.4 Å². The van der Waals surface area contributed by atoms with Gasteiger partial charge in [-0.05, 0) is 25.0 Å². The van der Waals surface area contributed by atoms with Crippen LogP contribution in [0.1, 0.15) is 18.7 Å². The van der Waals surface area contributed by atoms with E-state index in [0.29, 0.717) is 24.8 Å². The third-order valence-corrected chi connectivity index (χ3v) is 5.86. The summed E-state index contributed by atoms with van der Waals surface area (Å²) in [6, 6.07) is 3.62. The van der Waals surface area contributed by atoms with Gasteiger partial charge in [-0.25, -0.2) is 0 Å². The second-order valence-electron chi connectivity index (χ2n) is 5.98. The van der Waals surface area contributed by atoms with Crippen molar-refractivity contribution in [2.75, 3.05) is 27.2 Å². The van der Waals surface area contributed by atoms with Crippen LogP contribution >= 0.6 is 0 Å². The third kappa shape index (κ3) is 4.21. The number of aromatic nitrogens is 3. The maximum Gasteiger partial charge on any atom is 0.281 e. The second-order valence-corrected chi connectivity index (χ2v) is 8.12. The molecule has 3 rings (SSSR count). The first-order chi connectivity index (χ1) is 12.0. The standard InChI is InChI=1S/C15H21N5O4S/c1-19(2)25(21,22)20-8-4-6-13(10-20)23-11-14-17-15(24-18-14)12-5-3-7-16-9-12/h3,5,7,9,13H,4,6,8,10-11H2,1-2H3. The number of nitrogens with zero attached hydrogens (tertiary/aromatic N) is 5. The summed E-state index contributed by atoms with van der Waals surface area (Å²) >= 11 is 0. The molecular weight excluding hydrogens is 346 g/mol. The van der Waals surface area contributed by atoms with Gasteiger partial charge in [0.25, 0.3) is 16.1 Å². The van der Waals surface area contributed by atoms with Crippen molar-refractivity contribution < 1.29 is 17.7 Å². The molecule has 1 unspecified atom stereocenters. The predicted octanol–water partition coefficient (Wildman–Crippen LogP) is 0.919. The molecule has 1 fully saturated rings. The summed E-state index contributed by atoms with van der Waals surface area (Å²) in [6.45, 7) is 1.01. The van der Waals surface area contributed by atoms with E-state index in [-0.39, 0.29) is 12.7 Å². The number of rotatable bonds is 6. The Kier molecular flexibility index (Phi) is 5.42. The second kappa shape index (κ2) is 7.56. The van der Waals surface area contributed by atoms with Gasteiger partial charge in [0, 0.05) is 39.6 Å². The molecule has 0 radical (unpaired) electrons. The van der Waals surface area contributed by atoms with Crippen LogP contribution in [0.5, 0.6) is 0 Å². The lowest BCUT2D eigenvalue weighted by Crippen LogP contribution is -2.47. The zero-order valence-electron chi connectivity index (χ0n) is 14.2. The van der Waals surface area contributed by atoms with Crippen molar-refractivity contribution in [1.82, 2.24) is 23.7 Å². The number of hydrogen-bond acceptors (Lipinski definition) is 7. The minimum Gasteiger partial charge on any atom is -0.369 e. The summed E-state index contributed by atoms with van der Waals surface area (Å²) in [4.78, 5) is 8.29. The van der Waals surface area contributed by atoms with Crippen molar-refractivity contribution in [2.45, 2.75) is 25.6 Å². The van der Waals surface area contributed by atoms with E-state index in [1.807, 2.05) is 6.07 Å². The van der Waals surface area contributed by atoms with Crippen LogP contribution in [-0.4, -0.2) is 65.4 Å². The lowest BCUT2D eigenvalue weighted by Gasteiger charge is -2.33. The van der Waals surface area contributed by atoms with E-state index < -0.39 is 10.2 Å². The van der Waals surface area contributed by atoms with Gasteiger partial charge in [-0.15, -0.1) is 0 Å². The molecule has 0 N–H and O–H groups in total. The van der Waals surface area contributed by atoms with Crippen LogP contribution in [0.2, 0.25) is 0 Å². The smallest absolute Gasteiger partial charge is 0.281 e. The predicted molar refractivity (Wildman–Crippen MR) is 89.5 cm³/mol. The van der Waals surface area contributed by atoms with Crippen LogP contribution in [0, 0.1) is 0 Å². The summed E-state index contributed by atoms with van der Waals surface area (Å²) < 4.78 is 38.1. The molecule has 2 aromatic rings. The first-order valence-electron chi connectivity index (χ1n) is 7.99. The first kappa shape index (κ1) is 17.9. The van der Waals surface area contributed by atoms with E-state index >= 15 is 0 Å². The maximum absolute atomic E-state index is 12.2. The molecule has 0 bridgehead atoms. The lowest BCUT2D eigenvalue weighted by molar-refractivity contribution is 0.00359. The Morgan fingerprint density at radius 1 is 1.44 bits per heavy atom. The van der Waals surface area contributed by atoms with Gasteiger partial charge in [0.15, 0.2) is 5.82 Å². The SMILES string of the molecule is CN(C)S(=O)(=O)N1CCCC(OCc2noc(-c3cccnc3)n2)C1. The average Bonchev–Trinajstić information content (AvgIpc) is 3.10. The quantitative estimate of drug-likeness (QED) is 0.748. The fourth-order valence-electron chi connectivity index (χ4n) is 2.59. The van der Waals surface area contributed by atoms with Crippen LogP contribution in [-0.2, 0) is 21.6 Å². The minimum atomic E-state index is -3.42. The number of hydrogen-bond donors (Lipinski definition) is 0. The summed E-state index contributed by atoms with van der Waals surface area (Å²) in [5.74, 6) is 0.804. The van der Waals surface area contributed by atoms with E-state index in [4.69, 9.17) is 9.26 Å². The van der Waals surface area contributed by atoms with E-state index in [0.717, 1.165) is 18.4 Å². The third-order valence-electron chi connectivity index (χ3n) is 3.95. The molecule has 25 heavy (non-hydrogen) atoms. The van der Waals surface area contributed by atoms with Gasteiger partial charge < -0.3 is 9.26 Å². The molecule has 0 saturated carbocycles. The van der Waals surface area contributed by atoms with Crippen LogP contribution in [0.15, 0.2) is 29.0 Å². The van der Waals surface area contributed by atoms with Gasteiger partial charge in [-0.1, -0.05) is 5.16 Å². The number of ether oxygens (including phenoxy) is 1. The molecule has 0 aliphatic carbocycles. The average molecular weight is 367 g/mol. The first-order valence-corrected chi connectivity index (χ1v) is 9.38. The molecule has 136 valence electrons. The Balaban J connectivity index is 1.58. The van der Waals surface area contributed by atoms with Gasteiger partial charge in [0.2, 0.25) is 0 Å². The van der Waals surface area contributed by atoms with Crippen molar-refractivity contribution in [3.8, 4) is 11.5 Å². The molecule has 1 aliphatic rings. The summed E-state index contributed by atoms with van der Waals surface area (Å²) in [7, 11) is -0.364. The Morgan fingerprint density at radius 3 is 3.00 bits per heavy atom. The molecule has 0 spiro atoms. The highest BCUT2D eigenvalue weighted by Gasteiger charge is 2.31. The van der Waals surface area contributed by atoms with Crippen molar-refractivity contribution in [2.24, 2.45) is 0 Å².